The molecule has 4 heteroatoms. The zero-order valence-electron chi connectivity index (χ0n) is 15.0. The predicted molar refractivity (Wildman–Crippen MR) is 88.3 cm³/mol. The van der Waals surface area contributed by atoms with Crippen LogP contribution in [0, 0.1) is 17.8 Å². The van der Waals surface area contributed by atoms with E-state index in [1.54, 1.807) is 0 Å². The highest BCUT2D eigenvalue weighted by Crippen LogP contribution is 2.36. The molecule has 5 unspecified atom stereocenters. The quantitative estimate of drug-likeness (QED) is 0.637. The van der Waals surface area contributed by atoms with Crippen LogP contribution in [0.25, 0.3) is 0 Å². The summed E-state index contributed by atoms with van der Waals surface area (Å²) in [6.07, 6.45) is 4.66. The molecule has 4 nitrogen and oxygen atoms in total. The molecule has 0 radical (unpaired) electrons. The molecule has 0 aromatic carbocycles. The van der Waals surface area contributed by atoms with Crippen molar-refractivity contribution in [1.29, 1.82) is 0 Å². The van der Waals surface area contributed by atoms with Crippen molar-refractivity contribution in [3.8, 4) is 0 Å². The monoisotopic (exact) mass is 316 g/mol. The average molecular weight is 316 g/mol. The Kier molecular flexibility index (Phi) is 8.33. The Hall–Kier alpha value is -0.160. The van der Waals surface area contributed by atoms with Crippen molar-refractivity contribution in [2.75, 3.05) is 6.61 Å². The molecule has 0 amide bonds. The van der Waals surface area contributed by atoms with Crippen molar-refractivity contribution in [2.24, 2.45) is 17.8 Å². The molecule has 0 bridgehead atoms. The van der Waals surface area contributed by atoms with Gasteiger partial charge < -0.3 is 19.7 Å². The molecule has 1 aliphatic carbocycles. The van der Waals surface area contributed by atoms with E-state index in [2.05, 4.69) is 13.8 Å². The summed E-state index contributed by atoms with van der Waals surface area (Å²) in [4.78, 5) is 0. The van der Waals surface area contributed by atoms with Crippen molar-refractivity contribution >= 4 is 0 Å². The van der Waals surface area contributed by atoms with E-state index in [1.165, 1.54) is 12.8 Å². The van der Waals surface area contributed by atoms with Crippen molar-refractivity contribution in [3.63, 3.8) is 0 Å². The Morgan fingerprint density at radius 2 is 1.77 bits per heavy atom. The standard InChI is InChI=1S/C18H36O4/c1-6-13(3)14-9-8-10-15(11-14)17(20)21-12-16(19)22-18(4,5)7-2/h13-17,19-20H,6-12H2,1-5H3. The van der Waals surface area contributed by atoms with Gasteiger partial charge >= 0.3 is 0 Å². The lowest BCUT2D eigenvalue weighted by molar-refractivity contribution is -0.234. The van der Waals surface area contributed by atoms with Crippen LogP contribution in [-0.2, 0) is 9.47 Å². The molecule has 1 saturated carbocycles. The summed E-state index contributed by atoms with van der Waals surface area (Å²) in [6.45, 7) is 10.4. The zero-order valence-corrected chi connectivity index (χ0v) is 15.0. The van der Waals surface area contributed by atoms with Gasteiger partial charge in [-0.25, -0.2) is 0 Å². The van der Waals surface area contributed by atoms with Gasteiger partial charge in [0.2, 0.25) is 0 Å². The molecule has 1 rings (SSSR count). The molecule has 0 heterocycles. The van der Waals surface area contributed by atoms with Crippen LogP contribution in [0.15, 0.2) is 0 Å². The largest absolute Gasteiger partial charge is 0.368 e. The van der Waals surface area contributed by atoms with E-state index in [9.17, 15) is 10.2 Å². The first-order valence-corrected chi connectivity index (χ1v) is 8.94. The van der Waals surface area contributed by atoms with E-state index in [4.69, 9.17) is 9.47 Å². The molecule has 132 valence electrons. The molecular formula is C18H36O4. The van der Waals surface area contributed by atoms with Crippen LogP contribution < -0.4 is 0 Å². The van der Waals surface area contributed by atoms with E-state index in [-0.39, 0.29) is 18.1 Å². The lowest BCUT2D eigenvalue weighted by Crippen LogP contribution is -2.36. The molecule has 0 aliphatic heterocycles. The van der Waals surface area contributed by atoms with Crippen LogP contribution in [0.5, 0.6) is 0 Å². The van der Waals surface area contributed by atoms with Gasteiger partial charge in [-0.05, 0) is 44.9 Å². The van der Waals surface area contributed by atoms with Crippen LogP contribution in [-0.4, -0.2) is 35.0 Å². The van der Waals surface area contributed by atoms with Gasteiger partial charge in [-0.3, -0.25) is 0 Å². The van der Waals surface area contributed by atoms with Gasteiger partial charge in [0.25, 0.3) is 0 Å². The van der Waals surface area contributed by atoms with Crippen LogP contribution in [0.4, 0.5) is 0 Å². The van der Waals surface area contributed by atoms with Crippen molar-refractivity contribution < 1.29 is 19.7 Å². The summed E-state index contributed by atoms with van der Waals surface area (Å²) in [5, 5.41) is 20.1. The SMILES string of the molecule is CCC(C)C1CCCC(C(O)OCC(O)OC(C)(C)CC)C1. The minimum Gasteiger partial charge on any atom is -0.368 e. The van der Waals surface area contributed by atoms with Gasteiger partial charge in [0.05, 0.1) is 5.60 Å². The normalized spacial score (nSPS) is 27.4. The van der Waals surface area contributed by atoms with Crippen LogP contribution in [0.1, 0.15) is 73.1 Å². The van der Waals surface area contributed by atoms with Crippen LogP contribution in [0.3, 0.4) is 0 Å². The maximum Gasteiger partial charge on any atom is 0.178 e. The fourth-order valence-corrected chi connectivity index (χ4v) is 3.18. The van der Waals surface area contributed by atoms with Gasteiger partial charge in [0.15, 0.2) is 12.6 Å². The van der Waals surface area contributed by atoms with Gasteiger partial charge in [-0.15, -0.1) is 0 Å². The van der Waals surface area contributed by atoms with E-state index >= 15 is 0 Å². The molecular weight excluding hydrogens is 280 g/mol. The summed E-state index contributed by atoms with van der Waals surface area (Å²) >= 11 is 0. The first-order chi connectivity index (χ1) is 10.3. The van der Waals surface area contributed by atoms with Crippen LogP contribution >= 0.6 is 0 Å². The molecule has 1 aliphatic rings. The highest BCUT2D eigenvalue weighted by Gasteiger charge is 2.30. The van der Waals surface area contributed by atoms with E-state index in [1.807, 2.05) is 20.8 Å². The molecule has 0 aromatic heterocycles. The first-order valence-electron chi connectivity index (χ1n) is 8.94. The minimum atomic E-state index is -0.987. The highest BCUT2D eigenvalue weighted by molar-refractivity contribution is 4.78. The molecule has 2 N–H and O–H groups in total. The van der Waals surface area contributed by atoms with Crippen molar-refractivity contribution in [3.05, 3.63) is 0 Å². The second-order valence-electron chi connectivity index (χ2n) is 7.48. The molecule has 5 atom stereocenters. The number of hydrogen-bond donors (Lipinski definition) is 2. The lowest BCUT2D eigenvalue weighted by Gasteiger charge is -2.35. The third kappa shape index (κ3) is 6.53. The van der Waals surface area contributed by atoms with Crippen molar-refractivity contribution in [2.45, 2.75) is 91.3 Å². The number of rotatable bonds is 9. The lowest BCUT2D eigenvalue weighted by atomic mass is 9.74. The highest BCUT2D eigenvalue weighted by atomic mass is 16.7. The Morgan fingerprint density at radius 3 is 2.36 bits per heavy atom. The Labute approximate surface area is 136 Å². The zero-order chi connectivity index (χ0) is 16.8. The average Bonchev–Trinajstić information content (AvgIpc) is 2.51. The molecule has 0 aromatic rings. The minimum absolute atomic E-state index is 0.0229. The van der Waals surface area contributed by atoms with Crippen LogP contribution in [0.2, 0.25) is 0 Å². The molecule has 0 spiro atoms. The third-order valence-electron chi connectivity index (χ3n) is 5.32. The van der Waals surface area contributed by atoms with E-state index in [0.29, 0.717) is 11.8 Å². The number of aliphatic hydroxyl groups is 2. The smallest absolute Gasteiger partial charge is 0.178 e. The Bertz CT molecular complexity index is 305. The van der Waals surface area contributed by atoms with Gasteiger partial charge in [0, 0.05) is 5.92 Å². The summed E-state index contributed by atoms with van der Waals surface area (Å²) in [6, 6.07) is 0. The van der Waals surface area contributed by atoms with Gasteiger partial charge in [-0.2, -0.15) is 0 Å². The summed E-state index contributed by atoms with van der Waals surface area (Å²) in [5.41, 5.74) is -0.375. The molecule has 22 heavy (non-hydrogen) atoms. The maximum atomic E-state index is 10.3. The topological polar surface area (TPSA) is 58.9 Å². The summed E-state index contributed by atoms with van der Waals surface area (Å²) < 4.78 is 11.0. The molecule has 1 fully saturated rings. The fourth-order valence-electron chi connectivity index (χ4n) is 3.18. The van der Waals surface area contributed by atoms with E-state index < -0.39 is 12.6 Å². The van der Waals surface area contributed by atoms with Gasteiger partial charge in [-0.1, -0.05) is 40.0 Å². The summed E-state index contributed by atoms with van der Waals surface area (Å²) in [5.74, 6) is 1.57. The maximum absolute atomic E-state index is 10.3. The first kappa shape index (κ1) is 19.9. The number of ether oxygens (including phenoxy) is 2. The molecule has 0 saturated heterocycles. The second-order valence-corrected chi connectivity index (χ2v) is 7.48. The fraction of sp³-hybridized carbons (Fsp3) is 1.00. The Morgan fingerprint density at radius 1 is 1.14 bits per heavy atom. The number of hydrogen-bond acceptors (Lipinski definition) is 4. The predicted octanol–water partition coefficient (Wildman–Crippen LogP) is 3.70. The van der Waals surface area contributed by atoms with Gasteiger partial charge in [0.1, 0.15) is 6.61 Å². The number of aliphatic hydroxyl groups excluding tert-OH is 2. The Balaban J connectivity index is 2.36. The second kappa shape index (κ2) is 9.21. The third-order valence-corrected chi connectivity index (χ3v) is 5.32. The summed E-state index contributed by atoms with van der Waals surface area (Å²) in [7, 11) is 0. The van der Waals surface area contributed by atoms with E-state index in [0.717, 1.165) is 25.7 Å². The van der Waals surface area contributed by atoms with Crippen molar-refractivity contribution in [1.82, 2.24) is 0 Å².